The number of hydrogen-bond donors (Lipinski definition) is 0. The second-order valence-corrected chi connectivity index (χ2v) is 7.29. The monoisotopic (exact) mass is 334 g/mol. The Morgan fingerprint density at radius 2 is 1.72 bits per heavy atom. The lowest BCUT2D eigenvalue weighted by atomic mass is 9.86. The van der Waals surface area contributed by atoms with Crippen LogP contribution in [0.2, 0.25) is 0 Å². The van der Waals surface area contributed by atoms with Crippen molar-refractivity contribution in [2.45, 2.75) is 19.8 Å². The molecule has 25 heavy (non-hydrogen) atoms. The number of rotatable bonds is 2. The van der Waals surface area contributed by atoms with Crippen LogP contribution >= 0.6 is 0 Å². The number of nitrogens with zero attached hydrogens (tertiary/aromatic N) is 2. The van der Waals surface area contributed by atoms with E-state index in [4.69, 9.17) is 0 Å². The zero-order valence-electron chi connectivity index (χ0n) is 14.4. The van der Waals surface area contributed by atoms with Gasteiger partial charge < -0.3 is 9.80 Å². The first kappa shape index (κ1) is 15.9. The van der Waals surface area contributed by atoms with Gasteiger partial charge in [0.15, 0.2) is 0 Å². The standard InChI is InChI=1S/C21H22N2O2/c1-16-7-5-6-10-18(16)23-15-21(13-19(23)24)11-12-22(14-21)20(25)17-8-3-2-4-9-17/h2-10H,11-15H2,1H3. The summed E-state index contributed by atoms with van der Waals surface area (Å²) in [6, 6.07) is 17.4. The minimum Gasteiger partial charge on any atom is -0.338 e. The molecule has 0 aromatic heterocycles. The molecule has 128 valence electrons. The second kappa shape index (κ2) is 6.03. The van der Waals surface area contributed by atoms with Crippen molar-refractivity contribution in [2.24, 2.45) is 5.41 Å². The molecular weight excluding hydrogens is 312 g/mol. The number of likely N-dealkylation sites (tertiary alicyclic amines) is 1. The Morgan fingerprint density at radius 1 is 1.00 bits per heavy atom. The fraction of sp³-hybridized carbons (Fsp3) is 0.333. The highest BCUT2D eigenvalue weighted by Crippen LogP contribution is 2.42. The molecule has 0 N–H and O–H groups in total. The normalized spacial score (nSPS) is 22.8. The van der Waals surface area contributed by atoms with Gasteiger partial charge in [0.1, 0.15) is 0 Å². The van der Waals surface area contributed by atoms with Crippen LogP contribution in [0.3, 0.4) is 0 Å². The summed E-state index contributed by atoms with van der Waals surface area (Å²) >= 11 is 0. The van der Waals surface area contributed by atoms with E-state index in [2.05, 4.69) is 0 Å². The largest absolute Gasteiger partial charge is 0.338 e. The smallest absolute Gasteiger partial charge is 0.253 e. The van der Waals surface area contributed by atoms with Gasteiger partial charge in [0.2, 0.25) is 5.91 Å². The number of para-hydroxylation sites is 1. The molecule has 2 aromatic carbocycles. The highest BCUT2D eigenvalue weighted by Gasteiger charge is 2.49. The summed E-state index contributed by atoms with van der Waals surface area (Å²) in [7, 11) is 0. The second-order valence-electron chi connectivity index (χ2n) is 7.29. The summed E-state index contributed by atoms with van der Waals surface area (Å²) in [5.74, 6) is 0.238. The molecule has 0 bridgehead atoms. The third-order valence-corrected chi connectivity index (χ3v) is 5.47. The Morgan fingerprint density at radius 3 is 2.48 bits per heavy atom. The number of carbonyl (C=O) groups is 2. The average Bonchev–Trinajstić information content (AvgIpc) is 3.18. The fourth-order valence-electron chi connectivity index (χ4n) is 4.13. The van der Waals surface area contributed by atoms with E-state index < -0.39 is 0 Å². The van der Waals surface area contributed by atoms with Gasteiger partial charge in [-0.3, -0.25) is 9.59 Å². The van der Waals surface area contributed by atoms with Crippen LogP contribution < -0.4 is 4.90 Å². The molecule has 0 radical (unpaired) electrons. The predicted octanol–water partition coefficient (Wildman–Crippen LogP) is 3.26. The van der Waals surface area contributed by atoms with E-state index in [1.165, 1.54) is 0 Å². The zero-order chi connectivity index (χ0) is 17.4. The summed E-state index contributed by atoms with van der Waals surface area (Å²) in [5, 5.41) is 0. The summed E-state index contributed by atoms with van der Waals surface area (Å²) in [6.07, 6.45) is 1.42. The van der Waals surface area contributed by atoms with Gasteiger partial charge >= 0.3 is 0 Å². The van der Waals surface area contributed by atoms with E-state index in [9.17, 15) is 9.59 Å². The molecule has 2 aliphatic rings. The van der Waals surface area contributed by atoms with E-state index in [1.54, 1.807) is 0 Å². The first-order chi connectivity index (χ1) is 12.1. The number of anilines is 1. The van der Waals surface area contributed by atoms with E-state index in [0.29, 0.717) is 19.5 Å². The number of hydrogen-bond acceptors (Lipinski definition) is 2. The Kier molecular flexibility index (Phi) is 3.83. The number of aryl methyl sites for hydroxylation is 1. The zero-order valence-corrected chi connectivity index (χ0v) is 14.4. The third-order valence-electron chi connectivity index (χ3n) is 5.47. The van der Waals surface area contributed by atoms with E-state index in [-0.39, 0.29) is 17.2 Å². The average molecular weight is 334 g/mol. The molecule has 1 atom stereocenters. The highest BCUT2D eigenvalue weighted by atomic mass is 16.2. The molecule has 0 aliphatic carbocycles. The lowest BCUT2D eigenvalue weighted by molar-refractivity contribution is -0.117. The van der Waals surface area contributed by atoms with Crippen molar-refractivity contribution in [3.05, 3.63) is 65.7 Å². The van der Waals surface area contributed by atoms with Gasteiger partial charge in [0.05, 0.1) is 0 Å². The van der Waals surface area contributed by atoms with Crippen LogP contribution in [0.15, 0.2) is 54.6 Å². The van der Waals surface area contributed by atoms with E-state index in [0.717, 1.165) is 29.8 Å². The maximum absolute atomic E-state index is 12.7. The Bertz CT molecular complexity index is 818. The third kappa shape index (κ3) is 2.82. The van der Waals surface area contributed by atoms with Crippen molar-refractivity contribution < 1.29 is 9.59 Å². The predicted molar refractivity (Wildman–Crippen MR) is 97.5 cm³/mol. The molecule has 0 saturated carbocycles. The molecule has 2 amide bonds. The van der Waals surface area contributed by atoms with Crippen molar-refractivity contribution in [2.75, 3.05) is 24.5 Å². The van der Waals surface area contributed by atoms with Gasteiger partial charge in [0, 0.05) is 42.7 Å². The van der Waals surface area contributed by atoms with Gasteiger partial charge in [-0.1, -0.05) is 36.4 Å². The fourth-order valence-corrected chi connectivity index (χ4v) is 4.13. The summed E-state index contributed by atoms with van der Waals surface area (Å²) in [6.45, 7) is 4.13. The van der Waals surface area contributed by atoms with Crippen molar-refractivity contribution in [1.29, 1.82) is 0 Å². The van der Waals surface area contributed by atoms with E-state index in [1.807, 2.05) is 71.3 Å². The number of benzene rings is 2. The Balaban J connectivity index is 1.52. The highest BCUT2D eigenvalue weighted by molar-refractivity contribution is 5.98. The molecule has 4 nitrogen and oxygen atoms in total. The Hall–Kier alpha value is -2.62. The molecule has 1 unspecified atom stereocenters. The van der Waals surface area contributed by atoms with Gasteiger partial charge in [-0.05, 0) is 37.1 Å². The topological polar surface area (TPSA) is 40.6 Å². The first-order valence-electron chi connectivity index (χ1n) is 8.78. The maximum Gasteiger partial charge on any atom is 0.253 e. The van der Waals surface area contributed by atoms with Gasteiger partial charge in [-0.25, -0.2) is 0 Å². The van der Waals surface area contributed by atoms with Crippen molar-refractivity contribution in [3.63, 3.8) is 0 Å². The van der Waals surface area contributed by atoms with Crippen molar-refractivity contribution >= 4 is 17.5 Å². The molecule has 2 fully saturated rings. The van der Waals surface area contributed by atoms with Crippen LogP contribution in [-0.2, 0) is 4.79 Å². The molecule has 2 aromatic rings. The molecule has 1 spiro atoms. The van der Waals surface area contributed by atoms with Gasteiger partial charge in [-0.2, -0.15) is 0 Å². The van der Waals surface area contributed by atoms with Crippen LogP contribution in [0.5, 0.6) is 0 Å². The molecule has 4 rings (SSSR count). The van der Waals surface area contributed by atoms with E-state index >= 15 is 0 Å². The van der Waals surface area contributed by atoms with Crippen LogP contribution in [0.25, 0.3) is 0 Å². The van der Waals surface area contributed by atoms with Crippen LogP contribution in [-0.4, -0.2) is 36.3 Å². The summed E-state index contributed by atoms with van der Waals surface area (Å²) in [5.41, 5.74) is 2.73. The molecular formula is C21H22N2O2. The molecule has 4 heteroatoms. The summed E-state index contributed by atoms with van der Waals surface area (Å²) < 4.78 is 0. The van der Waals surface area contributed by atoms with Gasteiger partial charge in [0.25, 0.3) is 5.91 Å². The van der Waals surface area contributed by atoms with Crippen molar-refractivity contribution in [3.8, 4) is 0 Å². The van der Waals surface area contributed by atoms with Crippen molar-refractivity contribution in [1.82, 2.24) is 4.90 Å². The molecule has 2 aliphatic heterocycles. The SMILES string of the molecule is Cc1ccccc1N1CC2(CCN(C(=O)c3ccccc3)C2)CC1=O. The van der Waals surface area contributed by atoms with Crippen LogP contribution in [0.4, 0.5) is 5.69 Å². The number of amides is 2. The first-order valence-corrected chi connectivity index (χ1v) is 8.78. The Labute approximate surface area is 148 Å². The maximum atomic E-state index is 12.7. The number of carbonyl (C=O) groups excluding carboxylic acids is 2. The van der Waals surface area contributed by atoms with Crippen LogP contribution in [0, 0.1) is 12.3 Å². The lowest BCUT2D eigenvalue weighted by Crippen LogP contribution is -2.34. The lowest BCUT2D eigenvalue weighted by Gasteiger charge is -2.25. The van der Waals surface area contributed by atoms with Gasteiger partial charge in [-0.15, -0.1) is 0 Å². The quantitative estimate of drug-likeness (QED) is 0.846. The summed E-state index contributed by atoms with van der Waals surface area (Å²) in [4.78, 5) is 29.2. The molecule has 2 saturated heterocycles. The molecule has 2 heterocycles. The minimum atomic E-state index is -0.107. The van der Waals surface area contributed by atoms with Crippen LogP contribution in [0.1, 0.15) is 28.8 Å². The minimum absolute atomic E-state index is 0.0688.